The van der Waals surface area contributed by atoms with Gasteiger partial charge in [-0.05, 0) is 24.3 Å². The zero-order chi connectivity index (χ0) is 15.6. The summed E-state index contributed by atoms with van der Waals surface area (Å²) in [4.78, 5) is 21.6. The van der Waals surface area contributed by atoms with Crippen molar-refractivity contribution in [3.05, 3.63) is 62.1 Å². The Morgan fingerprint density at radius 1 is 1.24 bits per heavy atom. The first-order valence-corrected chi connectivity index (χ1v) is 6.38. The second kappa shape index (κ2) is 5.99. The molecule has 0 atom stereocenters. The van der Waals surface area contributed by atoms with Crippen LogP contribution in [0.1, 0.15) is 10.4 Å². The predicted octanol–water partition coefficient (Wildman–Crippen LogP) is 4.34. The monoisotopic (exact) mass is 326 g/mol. The van der Waals surface area contributed by atoms with E-state index >= 15 is 0 Å². The molecular weight excluding hydrogens is 319 g/mol. The zero-order valence-electron chi connectivity index (χ0n) is 10.3. The largest absolute Gasteiger partial charge is 0.478 e. The number of nitro benzene ring substituents is 1. The SMILES string of the molecule is O=C(O)c1cccc([N+](=O)[O-])c1Nc1ccc(Cl)cc1Cl. The van der Waals surface area contributed by atoms with E-state index in [4.69, 9.17) is 28.3 Å². The number of para-hydroxylation sites is 1. The smallest absolute Gasteiger partial charge is 0.338 e. The highest BCUT2D eigenvalue weighted by Crippen LogP contribution is 2.34. The average molecular weight is 327 g/mol. The highest BCUT2D eigenvalue weighted by atomic mass is 35.5. The van der Waals surface area contributed by atoms with Gasteiger partial charge in [0.1, 0.15) is 5.69 Å². The van der Waals surface area contributed by atoms with Crippen LogP contribution in [0.5, 0.6) is 0 Å². The Morgan fingerprint density at radius 3 is 2.52 bits per heavy atom. The third-order valence-electron chi connectivity index (χ3n) is 2.66. The van der Waals surface area contributed by atoms with Gasteiger partial charge in [0.15, 0.2) is 0 Å². The number of anilines is 2. The summed E-state index contributed by atoms with van der Waals surface area (Å²) in [6, 6.07) is 8.26. The summed E-state index contributed by atoms with van der Waals surface area (Å²) in [5, 5.41) is 23.5. The first-order valence-electron chi connectivity index (χ1n) is 5.63. The van der Waals surface area contributed by atoms with E-state index < -0.39 is 10.9 Å². The van der Waals surface area contributed by atoms with Crippen LogP contribution in [-0.4, -0.2) is 16.0 Å². The first-order chi connectivity index (χ1) is 9.90. The Morgan fingerprint density at radius 2 is 1.95 bits per heavy atom. The normalized spacial score (nSPS) is 10.2. The highest BCUT2D eigenvalue weighted by Gasteiger charge is 2.22. The summed E-state index contributed by atoms with van der Waals surface area (Å²) >= 11 is 11.7. The van der Waals surface area contributed by atoms with Crippen LogP contribution < -0.4 is 5.32 Å². The summed E-state index contributed by atoms with van der Waals surface area (Å²) in [5.41, 5.74) is -0.409. The molecule has 0 heterocycles. The lowest BCUT2D eigenvalue weighted by Crippen LogP contribution is -2.06. The van der Waals surface area contributed by atoms with E-state index in [1.807, 2.05) is 0 Å². The molecule has 0 bridgehead atoms. The maximum absolute atomic E-state index is 11.2. The van der Waals surface area contributed by atoms with Crippen molar-refractivity contribution < 1.29 is 14.8 Å². The molecule has 0 aliphatic heterocycles. The van der Waals surface area contributed by atoms with Gasteiger partial charge in [0, 0.05) is 11.1 Å². The molecule has 8 heteroatoms. The molecule has 0 spiro atoms. The zero-order valence-corrected chi connectivity index (χ0v) is 11.9. The molecule has 2 aromatic carbocycles. The molecule has 0 fully saturated rings. The van der Waals surface area contributed by atoms with Gasteiger partial charge in [-0.2, -0.15) is 0 Å². The van der Waals surface area contributed by atoms with Crippen molar-refractivity contribution in [2.75, 3.05) is 5.32 Å². The number of aromatic carboxylic acids is 1. The maximum Gasteiger partial charge on any atom is 0.338 e. The first kappa shape index (κ1) is 15.1. The Bertz CT molecular complexity index is 702. The lowest BCUT2D eigenvalue weighted by atomic mass is 10.1. The fraction of sp³-hybridized carbons (Fsp3) is 0. The Balaban J connectivity index is 2.56. The van der Waals surface area contributed by atoms with Crippen LogP contribution in [0.4, 0.5) is 17.1 Å². The summed E-state index contributed by atoms with van der Waals surface area (Å²) in [6.07, 6.45) is 0. The number of nitrogens with one attached hydrogen (secondary N) is 1. The van der Waals surface area contributed by atoms with Crippen molar-refractivity contribution >= 4 is 46.2 Å². The van der Waals surface area contributed by atoms with Crippen molar-refractivity contribution in [3.8, 4) is 0 Å². The van der Waals surface area contributed by atoms with E-state index in [-0.39, 0.29) is 22.0 Å². The van der Waals surface area contributed by atoms with Gasteiger partial charge in [0.2, 0.25) is 0 Å². The highest BCUT2D eigenvalue weighted by molar-refractivity contribution is 6.36. The molecule has 108 valence electrons. The minimum absolute atomic E-state index is 0.140. The van der Waals surface area contributed by atoms with Gasteiger partial charge in [0.25, 0.3) is 5.69 Å². The number of rotatable bonds is 4. The molecule has 2 aromatic rings. The minimum Gasteiger partial charge on any atom is -0.478 e. The lowest BCUT2D eigenvalue weighted by molar-refractivity contribution is -0.383. The standard InChI is InChI=1S/C13H8Cl2N2O4/c14-7-4-5-10(9(15)6-7)16-12-8(13(18)19)2-1-3-11(12)17(20)21/h1-6,16H,(H,18,19). The van der Waals surface area contributed by atoms with Crippen LogP contribution in [0.3, 0.4) is 0 Å². The van der Waals surface area contributed by atoms with Gasteiger partial charge in [-0.1, -0.05) is 29.3 Å². The van der Waals surface area contributed by atoms with Crippen molar-refractivity contribution in [1.29, 1.82) is 0 Å². The van der Waals surface area contributed by atoms with Crippen LogP contribution in [0, 0.1) is 10.1 Å². The van der Waals surface area contributed by atoms with Crippen molar-refractivity contribution in [3.63, 3.8) is 0 Å². The number of benzene rings is 2. The molecule has 0 radical (unpaired) electrons. The predicted molar refractivity (Wildman–Crippen MR) is 79.8 cm³/mol. The lowest BCUT2D eigenvalue weighted by Gasteiger charge is -2.11. The van der Waals surface area contributed by atoms with Crippen LogP contribution in [-0.2, 0) is 0 Å². The number of carboxylic acids is 1. The maximum atomic E-state index is 11.2. The molecule has 2 N–H and O–H groups in total. The van der Waals surface area contributed by atoms with E-state index in [9.17, 15) is 14.9 Å². The molecule has 0 aliphatic rings. The fourth-order valence-corrected chi connectivity index (χ4v) is 2.18. The van der Waals surface area contributed by atoms with E-state index in [0.29, 0.717) is 10.7 Å². The summed E-state index contributed by atoms with van der Waals surface area (Å²) in [5.74, 6) is -1.29. The summed E-state index contributed by atoms with van der Waals surface area (Å²) in [7, 11) is 0. The molecule has 0 unspecified atom stereocenters. The van der Waals surface area contributed by atoms with Gasteiger partial charge < -0.3 is 10.4 Å². The van der Waals surface area contributed by atoms with Gasteiger partial charge in [-0.15, -0.1) is 0 Å². The number of hydrogen-bond acceptors (Lipinski definition) is 4. The van der Waals surface area contributed by atoms with Gasteiger partial charge in [-0.3, -0.25) is 10.1 Å². The van der Waals surface area contributed by atoms with Crippen LogP contribution in [0.2, 0.25) is 10.0 Å². The van der Waals surface area contributed by atoms with Crippen molar-refractivity contribution in [2.45, 2.75) is 0 Å². The fourth-order valence-electron chi connectivity index (χ4n) is 1.73. The van der Waals surface area contributed by atoms with Gasteiger partial charge in [0.05, 0.1) is 21.2 Å². The number of nitrogens with zero attached hydrogens (tertiary/aromatic N) is 1. The van der Waals surface area contributed by atoms with Crippen molar-refractivity contribution in [2.24, 2.45) is 0 Å². The minimum atomic E-state index is -1.29. The average Bonchev–Trinajstić information content (AvgIpc) is 2.41. The molecule has 6 nitrogen and oxygen atoms in total. The Kier molecular flexibility index (Phi) is 4.30. The summed E-state index contributed by atoms with van der Waals surface area (Å²) < 4.78 is 0. The number of carbonyl (C=O) groups is 1. The summed E-state index contributed by atoms with van der Waals surface area (Å²) in [6.45, 7) is 0. The molecule has 0 aromatic heterocycles. The molecule has 2 rings (SSSR count). The number of nitro groups is 1. The second-order valence-corrected chi connectivity index (χ2v) is 4.85. The second-order valence-electron chi connectivity index (χ2n) is 4.01. The topological polar surface area (TPSA) is 92.5 Å². The van der Waals surface area contributed by atoms with Crippen molar-refractivity contribution in [1.82, 2.24) is 0 Å². The van der Waals surface area contributed by atoms with Crippen LogP contribution in [0.25, 0.3) is 0 Å². The third-order valence-corrected chi connectivity index (χ3v) is 3.21. The van der Waals surface area contributed by atoms with Crippen LogP contribution >= 0.6 is 23.2 Å². The molecular formula is C13H8Cl2N2O4. The molecule has 0 saturated carbocycles. The molecule has 0 saturated heterocycles. The third kappa shape index (κ3) is 3.24. The van der Waals surface area contributed by atoms with Gasteiger partial charge >= 0.3 is 5.97 Å². The Labute approximate surface area is 129 Å². The quantitative estimate of drug-likeness (QED) is 0.643. The van der Waals surface area contributed by atoms with E-state index in [1.165, 1.54) is 36.4 Å². The van der Waals surface area contributed by atoms with Gasteiger partial charge in [-0.25, -0.2) is 4.79 Å². The molecule has 0 amide bonds. The Hall–Kier alpha value is -2.31. The van der Waals surface area contributed by atoms with E-state index in [2.05, 4.69) is 5.32 Å². The molecule has 21 heavy (non-hydrogen) atoms. The van der Waals surface area contributed by atoms with E-state index in [0.717, 1.165) is 0 Å². The number of carboxylic acid groups (broad SMARTS) is 1. The molecule has 0 aliphatic carbocycles. The number of hydrogen-bond donors (Lipinski definition) is 2. The van der Waals surface area contributed by atoms with E-state index in [1.54, 1.807) is 0 Å². The number of halogens is 2. The van der Waals surface area contributed by atoms with Crippen LogP contribution in [0.15, 0.2) is 36.4 Å².